The Hall–Kier alpha value is -2.73. The van der Waals surface area contributed by atoms with Crippen LogP contribution in [0.5, 0.6) is 5.75 Å². The zero-order chi connectivity index (χ0) is 18.4. The fraction of sp³-hybridized carbons (Fsp3) is 0.200. The second-order valence-corrected chi connectivity index (χ2v) is 7.01. The van der Waals surface area contributed by atoms with Crippen molar-refractivity contribution in [3.63, 3.8) is 0 Å². The van der Waals surface area contributed by atoms with Crippen LogP contribution in [0.1, 0.15) is 27.2 Å². The van der Waals surface area contributed by atoms with Gasteiger partial charge in [0, 0.05) is 6.42 Å². The normalized spacial score (nSPS) is 11.8. The molecule has 134 valence electrons. The van der Waals surface area contributed by atoms with Crippen molar-refractivity contribution in [1.82, 2.24) is 10.3 Å². The summed E-state index contributed by atoms with van der Waals surface area (Å²) < 4.78 is 18.9. The number of halogens is 1. The van der Waals surface area contributed by atoms with Gasteiger partial charge in [-0.3, -0.25) is 4.79 Å². The van der Waals surface area contributed by atoms with Crippen LogP contribution in [0.4, 0.5) is 4.39 Å². The summed E-state index contributed by atoms with van der Waals surface area (Å²) in [5.74, 6) is -0.443. The van der Waals surface area contributed by atoms with Crippen molar-refractivity contribution in [3.05, 3.63) is 82.1 Å². The van der Waals surface area contributed by atoms with E-state index in [0.717, 1.165) is 10.6 Å². The summed E-state index contributed by atoms with van der Waals surface area (Å²) in [6.07, 6.45) is 2.29. The number of hydrogen-bond acceptors (Lipinski definition) is 4. The number of para-hydroxylation sites is 1. The highest BCUT2D eigenvalue weighted by molar-refractivity contribution is 7.13. The van der Waals surface area contributed by atoms with Gasteiger partial charge in [-0.1, -0.05) is 42.5 Å². The first-order valence-corrected chi connectivity index (χ1v) is 9.10. The van der Waals surface area contributed by atoms with E-state index in [1.165, 1.54) is 17.4 Å². The molecule has 0 aliphatic rings. The molecule has 3 rings (SSSR count). The first kappa shape index (κ1) is 18.1. The molecule has 6 heteroatoms. The van der Waals surface area contributed by atoms with E-state index in [1.54, 1.807) is 24.4 Å². The predicted octanol–water partition coefficient (Wildman–Crippen LogP) is 4.07. The van der Waals surface area contributed by atoms with Crippen molar-refractivity contribution in [3.8, 4) is 5.75 Å². The molecule has 0 spiro atoms. The smallest absolute Gasteiger partial charge is 0.263 e. The van der Waals surface area contributed by atoms with Crippen molar-refractivity contribution in [1.29, 1.82) is 0 Å². The minimum atomic E-state index is -0.418. The molecule has 1 N–H and O–H groups in total. The first-order chi connectivity index (χ1) is 12.6. The van der Waals surface area contributed by atoms with Gasteiger partial charge in [-0.05, 0) is 24.6 Å². The summed E-state index contributed by atoms with van der Waals surface area (Å²) in [5, 5.41) is 3.73. The number of ether oxygens (including phenoxy) is 1. The van der Waals surface area contributed by atoms with Crippen LogP contribution in [0, 0.1) is 5.82 Å². The number of hydrogen-bond donors (Lipinski definition) is 1. The van der Waals surface area contributed by atoms with Crippen LogP contribution in [-0.4, -0.2) is 23.5 Å². The number of rotatable bonds is 7. The Labute approximate surface area is 155 Å². The van der Waals surface area contributed by atoms with Crippen LogP contribution >= 0.6 is 11.3 Å². The van der Waals surface area contributed by atoms with Crippen LogP contribution in [0.2, 0.25) is 0 Å². The third-order valence-corrected chi connectivity index (χ3v) is 4.67. The zero-order valence-corrected chi connectivity index (χ0v) is 15.1. The molecule has 2 aromatic carbocycles. The van der Waals surface area contributed by atoms with Gasteiger partial charge in [0.15, 0.2) is 11.6 Å². The molecule has 4 nitrogen and oxygen atoms in total. The topological polar surface area (TPSA) is 51.2 Å². The minimum absolute atomic E-state index is 0.177. The van der Waals surface area contributed by atoms with Crippen molar-refractivity contribution < 1.29 is 13.9 Å². The van der Waals surface area contributed by atoms with E-state index in [2.05, 4.69) is 10.3 Å². The number of carbonyl (C=O) groups is 1. The largest absolute Gasteiger partial charge is 0.488 e. The first-order valence-electron chi connectivity index (χ1n) is 8.28. The van der Waals surface area contributed by atoms with Gasteiger partial charge in [0.2, 0.25) is 0 Å². The fourth-order valence-electron chi connectivity index (χ4n) is 2.38. The summed E-state index contributed by atoms with van der Waals surface area (Å²) in [6.45, 7) is 1.99. The van der Waals surface area contributed by atoms with E-state index < -0.39 is 5.82 Å². The quantitative estimate of drug-likeness (QED) is 0.682. The summed E-state index contributed by atoms with van der Waals surface area (Å²) >= 11 is 1.37. The van der Waals surface area contributed by atoms with Crippen molar-refractivity contribution in [2.75, 3.05) is 6.61 Å². The molecular formula is C20H19FN2O2S. The molecule has 3 aromatic rings. The molecule has 0 aliphatic heterocycles. The summed E-state index contributed by atoms with van der Waals surface area (Å²) in [7, 11) is 0. The van der Waals surface area contributed by atoms with Gasteiger partial charge in [0.1, 0.15) is 11.5 Å². The third-order valence-electron chi connectivity index (χ3n) is 3.68. The number of nitrogens with zero attached hydrogens (tertiary/aromatic N) is 1. The van der Waals surface area contributed by atoms with Gasteiger partial charge < -0.3 is 10.1 Å². The lowest BCUT2D eigenvalue weighted by atomic mass is 10.2. The van der Waals surface area contributed by atoms with Gasteiger partial charge in [0.25, 0.3) is 5.91 Å². The Balaban J connectivity index is 1.52. The zero-order valence-electron chi connectivity index (χ0n) is 14.3. The highest BCUT2D eigenvalue weighted by atomic mass is 32.1. The van der Waals surface area contributed by atoms with Crippen LogP contribution < -0.4 is 10.1 Å². The maximum Gasteiger partial charge on any atom is 0.263 e. The van der Waals surface area contributed by atoms with E-state index >= 15 is 0 Å². The Morgan fingerprint density at radius 1 is 1.19 bits per heavy atom. The molecule has 0 radical (unpaired) electrons. The van der Waals surface area contributed by atoms with Gasteiger partial charge in [-0.2, -0.15) is 0 Å². The van der Waals surface area contributed by atoms with Crippen molar-refractivity contribution >= 4 is 17.2 Å². The molecule has 0 aliphatic carbocycles. The van der Waals surface area contributed by atoms with Crippen molar-refractivity contribution in [2.45, 2.75) is 19.4 Å². The lowest BCUT2D eigenvalue weighted by Crippen LogP contribution is -2.36. The van der Waals surface area contributed by atoms with E-state index in [9.17, 15) is 9.18 Å². The number of amides is 1. The standard InChI is InChI=1S/C20H19FN2O2S/c1-14(13-25-17-10-6-5-9-16(17)21)23-20(24)18-12-22-19(26-18)11-15-7-3-2-4-8-15/h2-10,12,14H,11,13H2,1H3,(H,23,24). The highest BCUT2D eigenvalue weighted by Crippen LogP contribution is 2.18. The van der Waals surface area contributed by atoms with E-state index in [0.29, 0.717) is 11.3 Å². The Morgan fingerprint density at radius 2 is 1.92 bits per heavy atom. The molecule has 1 unspecified atom stereocenters. The van der Waals surface area contributed by atoms with E-state index in [1.807, 2.05) is 37.3 Å². The van der Waals surface area contributed by atoms with Crippen LogP contribution in [0.15, 0.2) is 60.8 Å². The van der Waals surface area contributed by atoms with E-state index in [4.69, 9.17) is 4.74 Å². The van der Waals surface area contributed by atoms with Crippen LogP contribution in [0.25, 0.3) is 0 Å². The average molecular weight is 370 g/mol. The number of carbonyl (C=O) groups excluding carboxylic acids is 1. The van der Waals surface area contributed by atoms with Gasteiger partial charge >= 0.3 is 0 Å². The van der Waals surface area contributed by atoms with Gasteiger partial charge in [-0.25, -0.2) is 9.37 Å². The van der Waals surface area contributed by atoms with Crippen molar-refractivity contribution in [2.24, 2.45) is 0 Å². The fourth-order valence-corrected chi connectivity index (χ4v) is 3.24. The van der Waals surface area contributed by atoms with E-state index in [-0.39, 0.29) is 24.3 Å². The number of nitrogens with one attached hydrogen (secondary N) is 1. The maximum atomic E-state index is 13.5. The second kappa shape index (κ2) is 8.58. The number of thiazole rings is 1. The Bertz CT molecular complexity index is 867. The summed E-state index contributed by atoms with van der Waals surface area (Å²) in [4.78, 5) is 17.2. The SMILES string of the molecule is CC(COc1ccccc1F)NC(=O)c1cnc(Cc2ccccc2)s1. The number of aromatic nitrogens is 1. The molecule has 1 amide bonds. The second-order valence-electron chi connectivity index (χ2n) is 5.90. The molecule has 1 heterocycles. The maximum absolute atomic E-state index is 13.5. The molecule has 1 atom stereocenters. The monoisotopic (exact) mass is 370 g/mol. The molecule has 26 heavy (non-hydrogen) atoms. The summed E-state index contributed by atoms with van der Waals surface area (Å²) in [6, 6.07) is 15.9. The highest BCUT2D eigenvalue weighted by Gasteiger charge is 2.14. The average Bonchev–Trinajstić information content (AvgIpc) is 3.10. The van der Waals surface area contributed by atoms with Crippen LogP contribution in [0.3, 0.4) is 0 Å². The molecule has 1 aromatic heterocycles. The molecular weight excluding hydrogens is 351 g/mol. The molecule has 0 saturated carbocycles. The van der Waals surface area contributed by atoms with Gasteiger partial charge in [0.05, 0.1) is 17.2 Å². The third kappa shape index (κ3) is 4.89. The van der Waals surface area contributed by atoms with Gasteiger partial charge in [-0.15, -0.1) is 11.3 Å². The number of benzene rings is 2. The van der Waals surface area contributed by atoms with Crippen LogP contribution in [-0.2, 0) is 6.42 Å². The molecule has 0 fully saturated rings. The summed E-state index contributed by atoms with van der Waals surface area (Å²) in [5.41, 5.74) is 1.15. The molecule has 0 saturated heterocycles. The lowest BCUT2D eigenvalue weighted by molar-refractivity contribution is 0.0930. The Kier molecular flexibility index (Phi) is 5.96. The Morgan fingerprint density at radius 3 is 2.69 bits per heavy atom. The lowest BCUT2D eigenvalue weighted by Gasteiger charge is -2.14. The minimum Gasteiger partial charge on any atom is -0.488 e. The predicted molar refractivity (Wildman–Crippen MR) is 100 cm³/mol. The molecule has 0 bridgehead atoms.